The maximum Gasteiger partial charge on any atom is 0.306 e. The van der Waals surface area contributed by atoms with Crippen LogP contribution in [0.2, 0.25) is 0 Å². The molecule has 0 spiro atoms. The van der Waals surface area contributed by atoms with E-state index in [1.54, 1.807) is 0 Å². The predicted octanol–water partition coefficient (Wildman–Crippen LogP) is 1.61. The number of nitrogens with one attached hydrogen (secondary N) is 1. The third-order valence-electron chi connectivity index (χ3n) is 3.81. The van der Waals surface area contributed by atoms with Crippen LogP contribution in [0.25, 0.3) is 0 Å². The highest BCUT2D eigenvalue weighted by atomic mass is 32.2. The topological polar surface area (TPSA) is 89.5 Å². The molecular formula is C16H21NO5S. The van der Waals surface area contributed by atoms with Gasteiger partial charge in [-0.05, 0) is 43.4 Å². The largest absolute Gasteiger partial charge is 0.456 e. The molecule has 0 aliphatic carbocycles. The molecule has 1 aromatic rings. The number of rotatable bonds is 5. The summed E-state index contributed by atoms with van der Waals surface area (Å²) < 4.78 is 27.6. The number of aryl methyl sites for hydroxylation is 2. The summed E-state index contributed by atoms with van der Waals surface area (Å²) >= 11 is 0. The second kappa shape index (κ2) is 7.12. The Morgan fingerprint density at radius 3 is 2.70 bits per heavy atom. The van der Waals surface area contributed by atoms with E-state index in [2.05, 4.69) is 5.32 Å². The molecule has 23 heavy (non-hydrogen) atoms. The molecule has 1 aromatic carbocycles. The molecule has 0 saturated carbocycles. The molecular weight excluding hydrogens is 318 g/mol. The summed E-state index contributed by atoms with van der Waals surface area (Å²) in [5.41, 5.74) is 2.63. The Kier molecular flexibility index (Phi) is 5.41. The van der Waals surface area contributed by atoms with Gasteiger partial charge < -0.3 is 10.1 Å². The number of esters is 1. The molecule has 1 atom stereocenters. The SMILES string of the molecule is Cc1ccc(C)c(NC(=O)COC(=O)C[C@@H]2CCS(=O)(=O)C2)c1. The zero-order valence-electron chi connectivity index (χ0n) is 13.3. The molecule has 1 aliphatic heterocycles. The van der Waals surface area contributed by atoms with E-state index >= 15 is 0 Å². The molecule has 1 saturated heterocycles. The minimum Gasteiger partial charge on any atom is -0.456 e. The highest BCUT2D eigenvalue weighted by Gasteiger charge is 2.29. The van der Waals surface area contributed by atoms with Crippen LogP contribution in [-0.4, -0.2) is 38.4 Å². The van der Waals surface area contributed by atoms with E-state index in [4.69, 9.17) is 4.74 Å². The van der Waals surface area contributed by atoms with Gasteiger partial charge in [0.25, 0.3) is 5.91 Å². The first-order chi connectivity index (χ1) is 10.7. The van der Waals surface area contributed by atoms with Crippen LogP contribution in [-0.2, 0) is 24.2 Å². The van der Waals surface area contributed by atoms with Crippen LogP contribution >= 0.6 is 0 Å². The summed E-state index contributed by atoms with van der Waals surface area (Å²) in [6.45, 7) is 3.43. The van der Waals surface area contributed by atoms with Gasteiger partial charge in [0, 0.05) is 12.1 Å². The molecule has 0 unspecified atom stereocenters. The van der Waals surface area contributed by atoms with Crippen LogP contribution in [0.3, 0.4) is 0 Å². The third-order valence-corrected chi connectivity index (χ3v) is 5.65. The number of anilines is 1. The maximum absolute atomic E-state index is 11.8. The van der Waals surface area contributed by atoms with E-state index in [9.17, 15) is 18.0 Å². The fraction of sp³-hybridized carbons (Fsp3) is 0.500. The zero-order chi connectivity index (χ0) is 17.0. The fourth-order valence-corrected chi connectivity index (χ4v) is 4.39. The Bertz CT molecular complexity index is 711. The Morgan fingerprint density at radius 1 is 1.30 bits per heavy atom. The van der Waals surface area contributed by atoms with E-state index in [-0.39, 0.29) is 30.5 Å². The summed E-state index contributed by atoms with van der Waals surface area (Å²) in [6.07, 6.45) is 0.516. The number of carbonyl (C=O) groups excluding carboxylic acids is 2. The monoisotopic (exact) mass is 339 g/mol. The zero-order valence-corrected chi connectivity index (χ0v) is 14.1. The molecule has 1 N–H and O–H groups in total. The lowest BCUT2D eigenvalue weighted by Gasteiger charge is -2.11. The highest BCUT2D eigenvalue weighted by Crippen LogP contribution is 2.22. The van der Waals surface area contributed by atoms with Gasteiger partial charge in [-0.15, -0.1) is 0 Å². The van der Waals surface area contributed by atoms with Crippen molar-refractivity contribution in [2.75, 3.05) is 23.4 Å². The Labute approximate surface area is 136 Å². The molecule has 1 aliphatic rings. The molecule has 6 nitrogen and oxygen atoms in total. The number of benzene rings is 1. The number of carbonyl (C=O) groups is 2. The van der Waals surface area contributed by atoms with Crippen LogP contribution in [0.15, 0.2) is 18.2 Å². The van der Waals surface area contributed by atoms with Crippen LogP contribution in [0.4, 0.5) is 5.69 Å². The number of sulfone groups is 1. The lowest BCUT2D eigenvalue weighted by Crippen LogP contribution is -2.22. The lowest BCUT2D eigenvalue weighted by molar-refractivity contribution is -0.148. The van der Waals surface area contributed by atoms with E-state index in [0.717, 1.165) is 11.1 Å². The van der Waals surface area contributed by atoms with Gasteiger partial charge in [0.2, 0.25) is 0 Å². The number of ether oxygens (including phenoxy) is 1. The Balaban J connectivity index is 1.78. The Hall–Kier alpha value is -1.89. The van der Waals surface area contributed by atoms with E-state index in [0.29, 0.717) is 12.1 Å². The van der Waals surface area contributed by atoms with Crippen molar-refractivity contribution in [2.45, 2.75) is 26.7 Å². The van der Waals surface area contributed by atoms with Crippen molar-refractivity contribution in [3.05, 3.63) is 29.3 Å². The van der Waals surface area contributed by atoms with Crippen LogP contribution < -0.4 is 5.32 Å². The third kappa shape index (κ3) is 5.35. The van der Waals surface area contributed by atoms with Crippen LogP contribution in [0.5, 0.6) is 0 Å². The summed E-state index contributed by atoms with van der Waals surface area (Å²) in [7, 11) is -3.01. The quantitative estimate of drug-likeness (QED) is 0.823. The highest BCUT2D eigenvalue weighted by molar-refractivity contribution is 7.91. The number of hydrogen-bond donors (Lipinski definition) is 1. The van der Waals surface area contributed by atoms with Gasteiger partial charge in [-0.2, -0.15) is 0 Å². The molecule has 0 bridgehead atoms. The normalized spacial score (nSPS) is 19.3. The van der Waals surface area contributed by atoms with Crippen molar-refractivity contribution < 1.29 is 22.7 Å². The van der Waals surface area contributed by atoms with E-state index in [1.165, 1.54) is 0 Å². The molecule has 126 valence electrons. The molecule has 1 amide bonds. The van der Waals surface area contributed by atoms with Gasteiger partial charge in [-0.3, -0.25) is 9.59 Å². The number of hydrogen-bond acceptors (Lipinski definition) is 5. The Morgan fingerprint density at radius 2 is 2.04 bits per heavy atom. The van der Waals surface area contributed by atoms with Crippen molar-refractivity contribution in [1.82, 2.24) is 0 Å². The van der Waals surface area contributed by atoms with Gasteiger partial charge in [0.05, 0.1) is 11.5 Å². The van der Waals surface area contributed by atoms with E-state index < -0.39 is 21.7 Å². The van der Waals surface area contributed by atoms with Gasteiger partial charge in [0.15, 0.2) is 16.4 Å². The molecule has 2 rings (SSSR count). The maximum atomic E-state index is 11.8. The first kappa shape index (κ1) is 17.5. The summed E-state index contributed by atoms with van der Waals surface area (Å²) in [5.74, 6) is -1.00. The van der Waals surface area contributed by atoms with Crippen molar-refractivity contribution in [2.24, 2.45) is 5.92 Å². The van der Waals surface area contributed by atoms with E-state index in [1.807, 2.05) is 32.0 Å². The van der Waals surface area contributed by atoms with Crippen LogP contribution in [0, 0.1) is 19.8 Å². The van der Waals surface area contributed by atoms with Crippen molar-refractivity contribution in [3.63, 3.8) is 0 Å². The molecule has 0 radical (unpaired) electrons. The summed E-state index contributed by atoms with van der Waals surface area (Å²) in [5, 5.41) is 2.70. The second-order valence-electron chi connectivity index (χ2n) is 6.00. The minimum atomic E-state index is -3.01. The van der Waals surface area contributed by atoms with Crippen molar-refractivity contribution in [3.8, 4) is 0 Å². The standard InChI is InChI=1S/C16H21NO5S/c1-11-3-4-12(2)14(7-11)17-15(18)9-22-16(19)8-13-5-6-23(20,21)10-13/h3-4,7,13H,5-6,8-10H2,1-2H3,(H,17,18)/t13-/m0/s1. The summed E-state index contributed by atoms with van der Waals surface area (Å²) in [4.78, 5) is 23.5. The minimum absolute atomic E-state index is 0.0246. The smallest absolute Gasteiger partial charge is 0.306 e. The molecule has 1 heterocycles. The molecule has 1 fully saturated rings. The van der Waals surface area contributed by atoms with Crippen molar-refractivity contribution in [1.29, 1.82) is 0 Å². The van der Waals surface area contributed by atoms with Crippen LogP contribution in [0.1, 0.15) is 24.0 Å². The predicted molar refractivity (Wildman–Crippen MR) is 86.9 cm³/mol. The van der Waals surface area contributed by atoms with Gasteiger partial charge in [-0.25, -0.2) is 8.42 Å². The first-order valence-electron chi connectivity index (χ1n) is 7.48. The van der Waals surface area contributed by atoms with Crippen molar-refractivity contribution >= 4 is 27.4 Å². The average molecular weight is 339 g/mol. The fourth-order valence-electron chi connectivity index (χ4n) is 2.53. The average Bonchev–Trinajstić information content (AvgIpc) is 2.79. The lowest BCUT2D eigenvalue weighted by atomic mass is 10.1. The van der Waals surface area contributed by atoms with Gasteiger partial charge in [-0.1, -0.05) is 12.1 Å². The second-order valence-corrected chi connectivity index (χ2v) is 8.23. The molecule has 7 heteroatoms. The van der Waals surface area contributed by atoms with Gasteiger partial charge >= 0.3 is 5.97 Å². The molecule has 0 aromatic heterocycles. The first-order valence-corrected chi connectivity index (χ1v) is 9.30. The summed E-state index contributed by atoms with van der Waals surface area (Å²) in [6, 6.07) is 5.69. The van der Waals surface area contributed by atoms with Gasteiger partial charge in [0.1, 0.15) is 0 Å². The number of amides is 1.